The predicted octanol–water partition coefficient (Wildman–Crippen LogP) is 2.74. The molecule has 96 valence electrons. The van der Waals surface area contributed by atoms with Gasteiger partial charge in [0, 0.05) is 12.1 Å². The lowest BCUT2D eigenvalue weighted by Crippen LogP contribution is -2.04. The number of halogens is 1. The lowest BCUT2D eigenvalue weighted by molar-refractivity contribution is 0.287. The molecule has 2 aromatic carbocycles. The van der Waals surface area contributed by atoms with Crippen molar-refractivity contribution in [3.63, 3.8) is 0 Å². The predicted molar refractivity (Wildman–Crippen MR) is 69.8 cm³/mol. The molecule has 3 nitrogen and oxygen atoms in total. The smallest absolute Gasteiger partial charge is 0.165 e. The van der Waals surface area contributed by atoms with E-state index in [0.29, 0.717) is 11.1 Å². The van der Waals surface area contributed by atoms with Crippen molar-refractivity contribution in [3.05, 3.63) is 65.0 Å². The van der Waals surface area contributed by atoms with E-state index >= 15 is 0 Å². The Labute approximate surface area is 111 Å². The van der Waals surface area contributed by atoms with E-state index in [1.807, 2.05) is 12.1 Å². The van der Waals surface area contributed by atoms with Gasteiger partial charge < -0.3 is 10.5 Å². The monoisotopic (exact) mass is 256 g/mol. The Balaban J connectivity index is 2.17. The van der Waals surface area contributed by atoms with Gasteiger partial charge in [-0.25, -0.2) is 4.39 Å². The van der Waals surface area contributed by atoms with Crippen LogP contribution in [0.5, 0.6) is 5.75 Å². The molecule has 0 aliphatic carbocycles. The number of benzene rings is 2. The third-order valence-corrected chi connectivity index (χ3v) is 2.71. The highest BCUT2D eigenvalue weighted by Crippen LogP contribution is 2.23. The molecular formula is C15H13FN2O. The molecule has 0 saturated heterocycles. The quantitative estimate of drug-likeness (QED) is 0.915. The van der Waals surface area contributed by atoms with Crippen molar-refractivity contribution in [3.8, 4) is 11.8 Å². The zero-order valence-corrected chi connectivity index (χ0v) is 10.3. The Morgan fingerprint density at radius 1 is 1.21 bits per heavy atom. The zero-order chi connectivity index (χ0) is 13.7. The van der Waals surface area contributed by atoms with Crippen molar-refractivity contribution < 1.29 is 9.13 Å². The standard InChI is InChI=1S/C15H13FN2O/c16-14-6-2-5-13(9-18)15(14)19-10-12-4-1-3-11(7-12)8-17/h1-7H,9-10,18H2. The van der Waals surface area contributed by atoms with Crippen LogP contribution in [-0.4, -0.2) is 0 Å². The van der Waals surface area contributed by atoms with Gasteiger partial charge in [0.15, 0.2) is 11.6 Å². The molecule has 0 aromatic heterocycles. The first kappa shape index (κ1) is 13.1. The van der Waals surface area contributed by atoms with Crippen LogP contribution in [0.4, 0.5) is 4.39 Å². The molecule has 0 aliphatic heterocycles. The molecule has 0 radical (unpaired) electrons. The minimum atomic E-state index is -0.431. The maximum absolute atomic E-state index is 13.7. The van der Waals surface area contributed by atoms with Crippen LogP contribution in [-0.2, 0) is 13.2 Å². The van der Waals surface area contributed by atoms with Crippen LogP contribution in [0.1, 0.15) is 16.7 Å². The topological polar surface area (TPSA) is 59.0 Å². The molecule has 0 amide bonds. The summed E-state index contributed by atoms with van der Waals surface area (Å²) in [6.45, 7) is 0.411. The lowest BCUT2D eigenvalue weighted by Gasteiger charge is -2.11. The number of nitrogens with zero attached hydrogens (tertiary/aromatic N) is 1. The van der Waals surface area contributed by atoms with E-state index in [0.717, 1.165) is 5.56 Å². The summed E-state index contributed by atoms with van der Waals surface area (Å²) in [5.74, 6) is -0.258. The number of nitrogens with two attached hydrogens (primary N) is 1. The maximum Gasteiger partial charge on any atom is 0.165 e. The van der Waals surface area contributed by atoms with Crippen molar-refractivity contribution in [2.75, 3.05) is 0 Å². The highest BCUT2D eigenvalue weighted by atomic mass is 19.1. The maximum atomic E-state index is 13.7. The van der Waals surface area contributed by atoms with Crippen LogP contribution in [0.2, 0.25) is 0 Å². The Morgan fingerprint density at radius 3 is 2.74 bits per heavy atom. The van der Waals surface area contributed by atoms with Crippen LogP contribution < -0.4 is 10.5 Å². The summed E-state index contributed by atoms with van der Waals surface area (Å²) in [4.78, 5) is 0. The summed E-state index contributed by atoms with van der Waals surface area (Å²) in [6, 6.07) is 13.7. The van der Waals surface area contributed by atoms with E-state index in [2.05, 4.69) is 0 Å². The number of rotatable bonds is 4. The average molecular weight is 256 g/mol. The first-order valence-electron chi connectivity index (χ1n) is 5.84. The molecule has 0 saturated carbocycles. The minimum Gasteiger partial charge on any atom is -0.485 e. The summed E-state index contributed by atoms with van der Waals surface area (Å²) in [7, 11) is 0. The first-order valence-corrected chi connectivity index (χ1v) is 5.84. The lowest BCUT2D eigenvalue weighted by atomic mass is 10.1. The van der Waals surface area contributed by atoms with Crippen molar-refractivity contribution in [2.24, 2.45) is 5.73 Å². The van der Waals surface area contributed by atoms with Gasteiger partial charge in [-0.3, -0.25) is 0 Å². The summed E-state index contributed by atoms with van der Waals surface area (Å²) in [5.41, 5.74) is 7.53. The second-order valence-electron chi connectivity index (χ2n) is 4.03. The molecule has 19 heavy (non-hydrogen) atoms. The fourth-order valence-electron chi connectivity index (χ4n) is 1.76. The van der Waals surface area contributed by atoms with Gasteiger partial charge in [0.2, 0.25) is 0 Å². The molecule has 0 aliphatic rings. The molecule has 0 unspecified atom stereocenters. The molecule has 0 spiro atoms. The molecular weight excluding hydrogens is 243 g/mol. The van der Waals surface area contributed by atoms with E-state index in [4.69, 9.17) is 15.7 Å². The van der Waals surface area contributed by atoms with Crippen molar-refractivity contribution in [1.29, 1.82) is 5.26 Å². The summed E-state index contributed by atoms with van der Waals surface area (Å²) in [5, 5.41) is 8.81. The van der Waals surface area contributed by atoms with Gasteiger partial charge in [-0.2, -0.15) is 5.26 Å². The molecule has 0 heterocycles. The van der Waals surface area contributed by atoms with Gasteiger partial charge in [0.1, 0.15) is 6.61 Å². The van der Waals surface area contributed by atoms with Crippen molar-refractivity contribution in [1.82, 2.24) is 0 Å². The minimum absolute atomic E-state index is 0.173. The number of ether oxygens (including phenoxy) is 1. The van der Waals surface area contributed by atoms with Gasteiger partial charge in [-0.15, -0.1) is 0 Å². The zero-order valence-electron chi connectivity index (χ0n) is 10.3. The molecule has 2 aromatic rings. The molecule has 2 N–H and O–H groups in total. The van der Waals surface area contributed by atoms with Crippen LogP contribution in [0, 0.1) is 17.1 Å². The Morgan fingerprint density at radius 2 is 2.00 bits per heavy atom. The average Bonchev–Trinajstić information content (AvgIpc) is 2.46. The SMILES string of the molecule is N#Cc1cccc(COc2c(F)cccc2CN)c1. The third-order valence-electron chi connectivity index (χ3n) is 2.71. The molecule has 2 rings (SSSR count). The van der Waals surface area contributed by atoms with E-state index < -0.39 is 5.82 Å². The van der Waals surface area contributed by atoms with Gasteiger partial charge in [0.05, 0.1) is 11.6 Å². The Bertz CT molecular complexity index is 620. The fraction of sp³-hybridized carbons (Fsp3) is 0.133. The summed E-state index contributed by atoms with van der Waals surface area (Å²) < 4.78 is 19.1. The normalized spacial score (nSPS) is 9.95. The number of hydrogen-bond acceptors (Lipinski definition) is 3. The number of nitriles is 1. The second-order valence-corrected chi connectivity index (χ2v) is 4.03. The summed E-state index contributed by atoms with van der Waals surface area (Å²) in [6.07, 6.45) is 0. The van der Waals surface area contributed by atoms with E-state index in [1.165, 1.54) is 6.07 Å². The highest BCUT2D eigenvalue weighted by Gasteiger charge is 2.08. The number of para-hydroxylation sites is 1. The Hall–Kier alpha value is -2.38. The molecule has 4 heteroatoms. The Kier molecular flexibility index (Phi) is 4.11. The van der Waals surface area contributed by atoms with Crippen LogP contribution in [0.15, 0.2) is 42.5 Å². The molecule has 0 atom stereocenters. The van der Waals surface area contributed by atoms with Crippen LogP contribution in [0.25, 0.3) is 0 Å². The largest absolute Gasteiger partial charge is 0.485 e. The second kappa shape index (κ2) is 5.98. The van der Waals surface area contributed by atoms with Gasteiger partial charge in [-0.1, -0.05) is 24.3 Å². The molecule has 0 bridgehead atoms. The van der Waals surface area contributed by atoms with Gasteiger partial charge >= 0.3 is 0 Å². The summed E-state index contributed by atoms with van der Waals surface area (Å²) >= 11 is 0. The van der Waals surface area contributed by atoms with E-state index in [9.17, 15) is 4.39 Å². The first-order chi connectivity index (χ1) is 9.24. The van der Waals surface area contributed by atoms with Crippen LogP contribution >= 0.6 is 0 Å². The number of hydrogen-bond donors (Lipinski definition) is 1. The fourth-order valence-corrected chi connectivity index (χ4v) is 1.76. The van der Waals surface area contributed by atoms with Gasteiger partial charge in [-0.05, 0) is 23.8 Å². The molecule has 0 fully saturated rings. The van der Waals surface area contributed by atoms with E-state index in [-0.39, 0.29) is 18.9 Å². The third kappa shape index (κ3) is 3.09. The van der Waals surface area contributed by atoms with Crippen LogP contribution in [0.3, 0.4) is 0 Å². The van der Waals surface area contributed by atoms with Crippen molar-refractivity contribution in [2.45, 2.75) is 13.2 Å². The van der Waals surface area contributed by atoms with Gasteiger partial charge in [0.25, 0.3) is 0 Å². The van der Waals surface area contributed by atoms with E-state index in [1.54, 1.807) is 30.3 Å². The van der Waals surface area contributed by atoms with Crippen molar-refractivity contribution >= 4 is 0 Å². The highest BCUT2D eigenvalue weighted by molar-refractivity contribution is 5.36.